The first-order valence-corrected chi connectivity index (χ1v) is 23.0. The van der Waals surface area contributed by atoms with Gasteiger partial charge in [0.05, 0.1) is 0 Å². The maximum Gasteiger partial charge on any atom is 0.0455 e. The molecule has 0 aromatic heterocycles. The average Bonchev–Trinajstić information content (AvgIpc) is 3.36. The molecule has 3 aliphatic rings. The number of benzene rings is 4. The summed E-state index contributed by atoms with van der Waals surface area (Å²) in [4.78, 5) is 4.57. The van der Waals surface area contributed by atoms with E-state index in [-0.39, 0.29) is 0 Å². The molecule has 0 aliphatic heterocycles. The monoisotopic (exact) mass is 846 g/mol. The van der Waals surface area contributed by atoms with Crippen molar-refractivity contribution < 1.29 is 0 Å². The minimum atomic E-state index is 0.398. The van der Waals surface area contributed by atoms with E-state index in [2.05, 4.69) is 219 Å². The lowest BCUT2D eigenvalue weighted by molar-refractivity contribution is 0.758. The molecule has 4 aromatic carbocycles. The molecule has 1 unspecified atom stereocenters. The van der Waals surface area contributed by atoms with Gasteiger partial charge in [-0.25, -0.2) is 0 Å². The molecule has 0 radical (unpaired) electrons. The summed E-state index contributed by atoms with van der Waals surface area (Å²) in [7, 11) is 0. The quantitative estimate of drug-likeness (QED) is 0.0868. The average molecular weight is 847 g/mol. The van der Waals surface area contributed by atoms with Crippen molar-refractivity contribution in [2.45, 2.75) is 45.4 Å². The number of hydrogen-bond donors (Lipinski definition) is 0. The van der Waals surface area contributed by atoms with E-state index in [4.69, 9.17) is 0 Å². The molecule has 65 heavy (non-hydrogen) atoms. The largest absolute Gasteiger partial charge is 0.341 e. The van der Waals surface area contributed by atoms with Crippen molar-refractivity contribution >= 4 is 23.5 Å². The van der Waals surface area contributed by atoms with Crippen LogP contribution in [0.3, 0.4) is 0 Å². The normalized spacial score (nSPS) is 16.4. The highest BCUT2D eigenvalue weighted by Gasteiger charge is 2.19. The minimum Gasteiger partial charge on any atom is -0.341 e. The van der Waals surface area contributed by atoms with Crippen LogP contribution in [0.5, 0.6) is 0 Å². The fourth-order valence-corrected chi connectivity index (χ4v) is 8.59. The Labute approximate surface area is 389 Å². The molecule has 0 fully saturated rings. The number of para-hydroxylation sites is 1. The third kappa shape index (κ3) is 12.4. The number of anilines is 2. The summed E-state index contributed by atoms with van der Waals surface area (Å²) < 4.78 is 0. The van der Waals surface area contributed by atoms with Crippen LogP contribution in [-0.2, 0) is 6.42 Å². The molecule has 324 valence electrons. The maximum absolute atomic E-state index is 4.48. The van der Waals surface area contributed by atoms with Crippen LogP contribution in [0.1, 0.15) is 55.7 Å². The van der Waals surface area contributed by atoms with Gasteiger partial charge in [-0.2, -0.15) is 0 Å². The fourth-order valence-electron chi connectivity index (χ4n) is 8.59. The number of rotatable bonds is 19. The van der Waals surface area contributed by atoms with Gasteiger partial charge in [0.15, 0.2) is 0 Å². The summed E-state index contributed by atoms with van der Waals surface area (Å²) >= 11 is 0. The molecule has 2 nitrogen and oxygen atoms in total. The Morgan fingerprint density at radius 1 is 0.662 bits per heavy atom. The highest BCUT2D eigenvalue weighted by molar-refractivity contribution is 5.70. The van der Waals surface area contributed by atoms with Gasteiger partial charge in [-0.05, 0) is 137 Å². The predicted octanol–water partition coefficient (Wildman–Crippen LogP) is 16.8. The Bertz CT molecular complexity index is 2680. The first-order chi connectivity index (χ1) is 31.9. The van der Waals surface area contributed by atoms with Crippen LogP contribution in [0.25, 0.3) is 23.3 Å². The predicted molar refractivity (Wildman–Crippen MR) is 284 cm³/mol. The topological polar surface area (TPSA) is 6.48 Å². The van der Waals surface area contributed by atoms with Crippen molar-refractivity contribution in [3.8, 4) is 11.1 Å². The van der Waals surface area contributed by atoms with Gasteiger partial charge in [-0.15, -0.1) is 0 Å². The molecule has 7 rings (SSSR count). The third-order valence-corrected chi connectivity index (χ3v) is 12.2. The van der Waals surface area contributed by atoms with Crippen molar-refractivity contribution in [3.05, 3.63) is 289 Å². The Morgan fingerprint density at radius 3 is 2.06 bits per heavy atom. The maximum atomic E-state index is 4.48. The minimum absolute atomic E-state index is 0.398. The van der Waals surface area contributed by atoms with E-state index < -0.39 is 0 Å². The number of allylic oxidation sites excluding steroid dienone is 21. The van der Waals surface area contributed by atoms with Crippen molar-refractivity contribution in [1.82, 2.24) is 0 Å². The summed E-state index contributed by atoms with van der Waals surface area (Å²) in [6.07, 6.45) is 46.7. The molecule has 3 aliphatic carbocycles. The zero-order chi connectivity index (χ0) is 45.2. The highest BCUT2D eigenvalue weighted by Crippen LogP contribution is 2.35. The van der Waals surface area contributed by atoms with Crippen LogP contribution < -0.4 is 9.80 Å². The van der Waals surface area contributed by atoms with Crippen LogP contribution in [0.2, 0.25) is 0 Å². The Balaban J connectivity index is 1.01. The van der Waals surface area contributed by atoms with Crippen molar-refractivity contribution in [2.24, 2.45) is 5.92 Å². The van der Waals surface area contributed by atoms with Crippen LogP contribution in [0.4, 0.5) is 11.4 Å². The van der Waals surface area contributed by atoms with E-state index in [0.29, 0.717) is 5.92 Å². The number of fused-ring (bicyclic) bond motifs is 1. The van der Waals surface area contributed by atoms with Gasteiger partial charge in [-0.1, -0.05) is 203 Å². The number of nitrogens with zero attached hydrogens (tertiary/aromatic N) is 2. The zero-order valence-electron chi connectivity index (χ0n) is 38.0. The molecule has 0 saturated heterocycles. The van der Waals surface area contributed by atoms with Crippen molar-refractivity contribution in [2.75, 3.05) is 16.3 Å². The second-order valence-corrected chi connectivity index (χ2v) is 16.5. The standard InChI is InChI=1S/C63H62N2/c1-6-9-11-17-46-64(62-42-38-57(39-43-62)55-30-28-51(29-31-55)20-10-7-2)50(5)27-26-49(4)52-32-34-56(35-33-52)58-40-44-63(45-41-58)65(61-24-13-12-14-25-61)47-18-23-53(19-8-3)60-37-36-54-21-15-16-22-59(54)48-60/h6-7,9-32,34,36-40,42-44,46,60H,1-2,4-5,8,33,35,41,45,47-48H2,3H3/b11-9-,20-10-,23-18-,27-26-,46-17+,53-19+. The smallest absolute Gasteiger partial charge is 0.0455 e. The van der Waals surface area contributed by atoms with E-state index in [1.807, 2.05) is 30.5 Å². The summed E-state index contributed by atoms with van der Waals surface area (Å²) in [6, 6.07) is 36.7. The lowest BCUT2D eigenvalue weighted by Gasteiger charge is -2.29. The Hall–Kier alpha value is -7.42. The molecule has 0 saturated carbocycles. The van der Waals surface area contributed by atoms with Gasteiger partial charge in [0, 0.05) is 41.4 Å². The van der Waals surface area contributed by atoms with E-state index in [9.17, 15) is 0 Å². The SMILES string of the molecule is C=C/C=C\C=C\N(C(=C)/C=C\C(=C)C1=CC=C(C2=CC=C(N(C/C=C\C(=C/CC)C3C=Cc4ccccc4C3)c3ccccc3)CC2)CC1)c1ccc(-c2ccc(/C=C\C=C)cc2)cc1. The number of hydrogen-bond acceptors (Lipinski definition) is 2. The molecular formula is C63H62N2. The van der Waals surface area contributed by atoms with Gasteiger partial charge in [-0.3, -0.25) is 0 Å². The lowest BCUT2D eigenvalue weighted by Crippen LogP contribution is -2.24. The second kappa shape index (κ2) is 23.3. The van der Waals surface area contributed by atoms with E-state index in [1.165, 1.54) is 50.4 Å². The summed E-state index contributed by atoms with van der Waals surface area (Å²) in [5.74, 6) is 0.398. The summed E-state index contributed by atoms with van der Waals surface area (Å²) in [5, 5.41) is 0. The molecule has 4 aromatic rings. The molecular weight excluding hydrogens is 785 g/mol. The molecule has 0 spiro atoms. The fraction of sp³-hybridized carbons (Fsp3) is 0.143. The van der Waals surface area contributed by atoms with Crippen molar-refractivity contribution in [3.63, 3.8) is 0 Å². The molecule has 0 bridgehead atoms. The zero-order valence-corrected chi connectivity index (χ0v) is 38.0. The highest BCUT2D eigenvalue weighted by atomic mass is 15.1. The first-order valence-electron chi connectivity index (χ1n) is 23.0. The molecule has 0 N–H and O–H groups in total. The molecule has 1 atom stereocenters. The summed E-state index contributed by atoms with van der Waals surface area (Å²) in [5.41, 5.74) is 17.2. The lowest BCUT2D eigenvalue weighted by atomic mass is 9.84. The van der Waals surface area contributed by atoms with Crippen LogP contribution in [0, 0.1) is 5.92 Å². The Kier molecular flexibility index (Phi) is 16.4. The van der Waals surface area contributed by atoms with Gasteiger partial charge in [0.2, 0.25) is 0 Å². The van der Waals surface area contributed by atoms with E-state index in [1.54, 1.807) is 12.2 Å². The van der Waals surface area contributed by atoms with E-state index in [0.717, 1.165) is 73.2 Å². The van der Waals surface area contributed by atoms with Crippen LogP contribution in [0.15, 0.2) is 272 Å². The molecule has 2 heteroatoms. The van der Waals surface area contributed by atoms with Gasteiger partial charge >= 0.3 is 0 Å². The van der Waals surface area contributed by atoms with Crippen molar-refractivity contribution in [1.29, 1.82) is 0 Å². The first kappa shape index (κ1) is 45.6. The van der Waals surface area contributed by atoms with Crippen LogP contribution >= 0.6 is 0 Å². The van der Waals surface area contributed by atoms with Gasteiger partial charge in [0.1, 0.15) is 0 Å². The van der Waals surface area contributed by atoms with Gasteiger partial charge in [0.25, 0.3) is 0 Å². The van der Waals surface area contributed by atoms with E-state index >= 15 is 0 Å². The van der Waals surface area contributed by atoms with Gasteiger partial charge < -0.3 is 9.80 Å². The molecule has 0 heterocycles. The van der Waals surface area contributed by atoms with Crippen LogP contribution in [-0.4, -0.2) is 6.54 Å². The second-order valence-electron chi connectivity index (χ2n) is 16.5. The Morgan fingerprint density at radius 2 is 1.37 bits per heavy atom. The molecule has 0 amide bonds. The summed E-state index contributed by atoms with van der Waals surface area (Å²) in [6.45, 7) is 19.6. The third-order valence-electron chi connectivity index (χ3n) is 12.2.